The minimum absolute atomic E-state index is 0.320. The average molecular weight is 256 g/mol. The third-order valence-corrected chi connectivity index (χ3v) is 5.06. The zero-order valence-corrected chi connectivity index (χ0v) is 11.6. The molecule has 2 heteroatoms. The molecule has 0 amide bonds. The fourth-order valence-electron chi connectivity index (χ4n) is 3.69. The highest BCUT2D eigenvalue weighted by molar-refractivity contribution is 5.31. The van der Waals surface area contributed by atoms with Crippen LogP contribution in [0.25, 0.3) is 0 Å². The van der Waals surface area contributed by atoms with Gasteiger partial charge in [-0.1, -0.05) is 24.3 Å². The Morgan fingerprint density at radius 3 is 2.21 bits per heavy atom. The van der Waals surface area contributed by atoms with Crippen molar-refractivity contribution in [3.05, 3.63) is 35.4 Å². The van der Waals surface area contributed by atoms with Crippen molar-refractivity contribution < 1.29 is 0 Å². The van der Waals surface area contributed by atoms with Gasteiger partial charge in [0.15, 0.2) is 0 Å². The quantitative estimate of drug-likeness (QED) is 0.900. The molecule has 0 bridgehead atoms. The van der Waals surface area contributed by atoms with Gasteiger partial charge in [-0.3, -0.25) is 4.90 Å². The van der Waals surface area contributed by atoms with Crippen LogP contribution in [0.15, 0.2) is 24.3 Å². The van der Waals surface area contributed by atoms with Crippen molar-refractivity contribution in [2.45, 2.75) is 62.6 Å². The summed E-state index contributed by atoms with van der Waals surface area (Å²) in [6.07, 6.45) is 7.98. The van der Waals surface area contributed by atoms with Gasteiger partial charge in [-0.05, 0) is 62.1 Å². The molecule has 2 atom stereocenters. The van der Waals surface area contributed by atoms with Crippen molar-refractivity contribution in [1.82, 2.24) is 4.90 Å². The van der Waals surface area contributed by atoms with E-state index in [4.69, 9.17) is 5.73 Å². The van der Waals surface area contributed by atoms with E-state index in [1.807, 2.05) is 0 Å². The third-order valence-electron chi connectivity index (χ3n) is 5.06. The largest absolute Gasteiger partial charge is 0.326 e. The van der Waals surface area contributed by atoms with Gasteiger partial charge in [-0.25, -0.2) is 0 Å². The molecule has 1 aliphatic heterocycles. The molecule has 3 aliphatic rings. The summed E-state index contributed by atoms with van der Waals surface area (Å²) in [5.74, 6) is 0.855. The van der Waals surface area contributed by atoms with Gasteiger partial charge in [0.2, 0.25) is 0 Å². The smallest absolute Gasteiger partial charge is 0.0502 e. The molecule has 0 spiro atoms. The Morgan fingerprint density at radius 2 is 1.58 bits per heavy atom. The molecule has 1 aromatic carbocycles. The Kier molecular flexibility index (Phi) is 2.89. The minimum atomic E-state index is 0.320. The molecule has 2 unspecified atom stereocenters. The van der Waals surface area contributed by atoms with E-state index in [2.05, 4.69) is 29.2 Å². The number of hydrogen-bond acceptors (Lipinski definition) is 2. The van der Waals surface area contributed by atoms with Gasteiger partial charge in [-0.2, -0.15) is 0 Å². The van der Waals surface area contributed by atoms with Gasteiger partial charge in [0.05, 0.1) is 6.04 Å². The predicted molar refractivity (Wildman–Crippen MR) is 78.1 cm³/mol. The van der Waals surface area contributed by atoms with E-state index in [0.717, 1.165) is 12.0 Å². The first kappa shape index (κ1) is 11.9. The summed E-state index contributed by atoms with van der Waals surface area (Å²) in [4.78, 5) is 2.68. The minimum Gasteiger partial charge on any atom is -0.326 e. The second kappa shape index (κ2) is 4.60. The summed E-state index contributed by atoms with van der Waals surface area (Å²) in [7, 11) is 0. The maximum Gasteiger partial charge on any atom is 0.0502 e. The van der Waals surface area contributed by atoms with Crippen molar-refractivity contribution in [3.63, 3.8) is 0 Å². The van der Waals surface area contributed by atoms with Crippen molar-refractivity contribution >= 4 is 0 Å². The average Bonchev–Trinajstić information content (AvgIpc) is 3.31. The van der Waals surface area contributed by atoms with Crippen LogP contribution >= 0.6 is 0 Å². The van der Waals surface area contributed by atoms with Crippen LogP contribution in [0.3, 0.4) is 0 Å². The molecule has 0 aromatic heterocycles. The first-order valence-electron chi connectivity index (χ1n) is 7.94. The zero-order chi connectivity index (χ0) is 12.8. The molecule has 4 rings (SSSR count). The van der Waals surface area contributed by atoms with Gasteiger partial charge >= 0.3 is 0 Å². The SMILES string of the molecule is NC1CCCN(C2CC2)C1c1ccc(C2CC2)cc1. The fraction of sp³-hybridized carbons (Fsp3) is 0.647. The first-order valence-corrected chi connectivity index (χ1v) is 7.94. The van der Waals surface area contributed by atoms with Crippen LogP contribution in [-0.4, -0.2) is 23.5 Å². The summed E-state index contributed by atoms with van der Waals surface area (Å²) < 4.78 is 0. The zero-order valence-electron chi connectivity index (χ0n) is 11.6. The highest BCUT2D eigenvalue weighted by atomic mass is 15.2. The van der Waals surface area contributed by atoms with Crippen LogP contribution in [-0.2, 0) is 0 Å². The fourth-order valence-corrected chi connectivity index (χ4v) is 3.69. The van der Waals surface area contributed by atoms with Gasteiger partial charge in [0, 0.05) is 12.1 Å². The van der Waals surface area contributed by atoms with Crippen LogP contribution in [0.4, 0.5) is 0 Å². The lowest BCUT2D eigenvalue weighted by Crippen LogP contribution is -2.46. The number of rotatable bonds is 3. The number of nitrogens with zero attached hydrogens (tertiary/aromatic N) is 1. The first-order chi connectivity index (χ1) is 9.33. The lowest BCUT2D eigenvalue weighted by molar-refractivity contribution is 0.120. The topological polar surface area (TPSA) is 29.3 Å². The molecule has 2 N–H and O–H groups in total. The molecule has 19 heavy (non-hydrogen) atoms. The van der Waals surface area contributed by atoms with Gasteiger partial charge < -0.3 is 5.73 Å². The van der Waals surface area contributed by atoms with Gasteiger partial charge in [0.25, 0.3) is 0 Å². The molecule has 1 aromatic rings. The summed E-state index contributed by atoms with van der Waals surface area (Å²) in [6.45, 7) is 1.24. The lowest BCUT2D eigenvalue weighted by Gasteiger charge is -2.40. The molecule has 2 aliphatic carbocycles. The molecular formula is C17H24N2. The molecular weight excluding hydrogens is 232 g/mol. The van der Waals surface area contributed by atoms with Crippen LogP contribution in [0.1, 0.15) is 61.6 Å². The van der Waals surface area contributed by atoms with Crippen molar-refractivity contribution in [2.75, 3.05) is 6.54 Å². The number of hydrogen-bond donors (Lipinski definition) is 1. The second-order valence-electron chi connectivity index (χ2n) is 6.66. The lowest BCUT2D eigenvalue weighted by atomic mass is 9.90. The molecule has 2 saturated carbocycles. The monoisotopic (exact) mass is 256 g/mol. The number of likely N-dealkylation sites (tertiary alicyclic amines) is 1. The Bertz CT molecular complexity index is 445. The highest BCUT2D eigenvalue weighted by Gasteiger charge is 2.39. The molecule has 1 heterocycles. The maximum atomic E-state index is 6.44. The van der Waals surface area contributed by atoms with Crippen LogP contribution in [0.5, 0.6) is 0 Å². The van der Waals surface area contributed by atoms with E-state index >= 15 is 0 Å². The van der Waals surface area contributed by atoms with Crippen LogP contribution in [0, 0.1) is 0 Å². The van der Waals surface area contributed by atoms with Crippen molar-refractivity contribution in [3.8, 4) is 0 Å². The summed E-state index contributed by atoms with van der Waals surface area (Å²) in [6, 6.07) is 11.0. The Balaban J connectivity index is 1.59. The van der Waals surface area contributed by atoms with E-state index < -0.39 is 0 Å². The van der Waals surface area contributed by atoms with E-state index in [0.29, 0.717) is 12.1 Å². The van der Waals surface area contributed by atoms with E-state index in [1.54, 1.807) is 0 Å². The van der Waals surface area contributed by atoms with Crippen LogP contribution in [0.2, 0.25) is 0 Å². The van der Waals surface area contributed by atoms with Crippen LogP contribution < -0.4 is 5.73 Å². The van der Waals surface area contributed by atoms with E-state index in [1.165, 1.54) is 56.2 Å². The normalized spacial score (nSPS) is 32.5. The predicted octanol–water partition coefficient (Wildman–Crippen LogP) is 3.19. The maximum absolute atomic E-state index is 6.44. The summed E-state index contributed by atoms with van der Waals surface area (Å²) in [5.41, 5.74) is 9.42. The number of piperidine rings is 1. The molecule has 1 saturated heterocycles. The van der Waals surface area contributed by atoms with Crippen molar-refractivity contribution in [2.24, 2.45) is 5.73 Å². The molecule has 102 valence electrons. The Morgan fingerprint density at radius 1 is 0.895 bits per heavy atom. The van der Waals surface area contributed by atoms with Gasteiger partial charge in [-0.15, -0.1) is 0 Å². The molecule has 2 nitrogen and oxygen atoms in total. The number of nitrogens with two attached hydrogens (primary N) is 1. The number of benzene rings is 1. The van der Waals surface area contributed by atoms with E-state index in [9.17, 15) is 0 Å². The van der Waals surface area contributed by atoms with Gasteiger partial charge in [0.1, 0.15) is 0 Å². The Labute approximate surface area is 116 Å². The highest BCUT2D eigenvalue weighted by Crippen LogP contribution is 2.42. The summed E-state index contributed by atoms with van der Waals surface area (Å²) >= 11 is 0. The van der Waals surface area contributed by atoms with Crippen molar-refractivity contribution in [1.29, 1.82) is 0 Å². The summed E-state index contributed by atoms with van der Waals surface area (Å²) in [5, 5.41) is 0. The second-order valence-corrected chi connectivity index (χ2v) is 6.66. The molecule has 0 radical (unpaired) electrons. The molecule has 3 fully saturated rings. The standard InChI is InChI=1S/C17H24N2/c18-16-2-1-11-19(15-9-10-15)17(16)14-7-5-13(6-8-14)12-3-4-12/h5-8,12,15-17H,1-4,9-11,18H2. The van der Waals surface area contributed by atoms with E-state index in [-0.39, 0.29) is 0 Å². The Hall–Kier alpha value is -0.860. The third kappa shape index (κ3) is 2.32.